The number of hydrogen-bond donors (Lipinski definition) is 1. The smallest absolute Gasteiger partial charge is 0.149 e. The predicted octanol–water partition coefficient (Wildman–Crippen LogP) is 6.62. The summed E-state index contributed by atoms with van der Waals surface area (Å²) in [4.78, 5) is 0. The van der Waals surface area contributed by atoms with Crippen molar-refractivity contribution >= 4 is 0 Å². The van der Waals surface area contributed by atoms with Crippen molar-refractivity contribution in [2.45, 2.75) is 72.6 Å². The second kappa shape index (κ2) is 7.05. The van der Waals surface area contributed by atoms with Crippen molar-refractivity contribution in [3.8, 4) is 0 Å². The lowest BCUT2D eigenvalue weighted by molar-refractivity contribution is 0.0104. The number of aliphatic hydroxyl groups is 1. The van der Waals surface area contributed by atoms with Gasteiger partial charge in [0.05, 0.1) is 0 Å². The van der Waals surface area contributed by atoms with Gasteiger partial charge in [-0.2, -0.15) is 0 Å². The minimum atomic E-state index is 0.181. The Labute approximate surface area is 153 Å². The van der Waals surface area contributed by atoms with E-state index in [1.165, 1.54) is 43.9 Å². The molecule has 0 amide bonds. The Morgan fingerprint density at radius 2 is 2.00 bits per heavy atom. The molecule has 0 aromatic carbocycles. The summed E-state index contributed by atoms with van der Waals surface area (Å²) in [5, 5.41) is 9.49. The minimum absolute atomic E-state index is 0.181. The second-order valence-corrected chi connectivity index (χ2v) is 9.15. The Hall–Kier alpha value is -1.44. The summed E-state index contributed by atoms with van der Waals surface area (Å²) in [6, 6.07) is 0. The molecule has 2 nitrogen and oxygen atoms in total. The molecule has 1 saturated carbocycles. The molecule has 3 rings (SSSR count). The van der Waals surface area contributed by atoms with Gasteiger partial charge in [-0.3, -0.25) is 0 Å². The second-order valence-electron chi connectivity index (χ2n) is 9.15. The molecule has 0 unspecified atom stereocenters. The first kappa shape index (κ1) is 18.4. The molecule has 1 heterocycles. The van der Waals surface area contributed by atoms with Gasteiger partial charge in [0.15, 0.2) is 0 Å². The third kappa shape index (κ3) is 3.73. The molecule has 0 aromatic heterocycles. The van der Waals surface area contributed by atoms with Crippen molar-refractivity contribution < 1.29 is 9.84 Å². The normalized spacial score (nSPS) is 37.5. The van der Waals surface area contributed by atoms with Crippen LogP contribution in [0.15, 0.2) is 47.0 Å². The highest BCUT2D eigenvalue weighted by atomic mass is 16.5. The van der Waals surface area contributed by atoms with Crippen LogP contribution in [0.2, 0.25) is 0 Å². The largest absolute Gasteiger partial charge is 0.505 e. The van der Waals surface area contributed by atoms with E-state index in [9.17, 15) is 5.11 Å². The highest BCUT2D eigenvalue weighted by molar-refractivity contribution is 5.29. The van der Waals surface area contributed by atoms with E-state index in [4.69, 9.17) is 4.74 Å². The van der Waals surface area contributed by atoms with E-state index in [1.807, 2.05) is 6.08 Å². The number of allylic oxidation sites excluding steroid dienone is 5. The number of ether oxygens (including phenoxy) is 1. The van der Waals surface area contributed by atoms with Gasteiger partial charge in [0.2, 0.25) is 0 Å². The Bertz CT molecular complexity index is 632. The molecule has 3 aliphatic rings. The van der Waals surface area contributed by atoms with Gasteiger partial charge in [-0.1, -0.05) is 50.5 Å². The van der Waals surface area contributed by atoms with Crippen molar-refractivity contribution in [2.24, 2.45) is 16.7 Å². The maximum absolute atomic E-state index is 9.49. The van der Waals surface area contributed by atoms with Gasteiger partial charge in [-0.15, -0.1) is 0 Å². The maximum atomic E-state index is 9.49. The van der Waals surface area contributed by atoms with Crippen LogP contribution in [0.1, 0.15) is 72.6 Å². The molecule has 0 radical (unpaired) electrons. The zero-order chi connectivity index (χ0) is 18.1. The summed E-state index contributed by atoms with van der Waals surface area (Å²) >= 11 is 0. The molecule has 2 heteroatoms. The zero-order valence-corrected chi connectivity index (χ0v) is 16.4. The highest BCUT2D eigenvalue weighted by Gasteiger charge is 2.49. The fourth-order valence-electron chi connectivity index (χ4n) is 5.74. The first-order valence-corrected chi connectivity index (χ1v) is 9.89. The Morgan fingerprint density at radius 3 is 2.80 bits per heavy atom. The van der Waals surface area contributed by atoms with E-state index in [2.05, 4.69) is 33.8 Å². The van der Waals surface area contributed by atoms with Crippen LogP contribution in [0.25, 0.3) is 0 Å². The molecule has 2 atom stereocenters. The fraction of sp³-hybridized carbons (Fsp3) is 0.652. The zero-order valence-electron chi connectivity index (χ0n) is 16.4. The summed E-state index contributed by atoms with van der Waals surface area (Å²) in [6.07, 6.45) is 16.1. The van der Waals surface area contributed by atoms with Crippen LogP contribution in [0, 0.1) is 16.7 Å². The summed E-state index contributed by atoms with van der Waals surface area (Å²) in [5.41, 5.74) is 5.51. The molecule has 0 saturated heterocycles. The maximum Gasteiger partial charge on any atom is 0.149 e. The first-order chi connectivity index (χ1) is 11.8. The van der Waals surface area contributed by atoms with Gasteiger partial charge in [0.25, 0.3) is 0 Å². The topological polar surface area (TPSA) is 29.5 Å². The Kier molecular flexibility index (Phi) is 5.18. The van der Waals surface area contributed by atoms with E-state index < -0.39 is 0 Å². The molecule has 1 N–H and O–H groups in total. The lowest BCUT2D eigenvalue weighted by Crippen LogP contribution is -2.45. The number of fused-ring (bicyclic) bond motifs is 1. The average molecular weight is 343 g/mol. The van der Waals surface area contributed by atoms with Gasteiger partial charge in [0, 0.05) is 0 Å². The lowest BCUT2D eigenvalue weighted by Gasteiger charge is -2.55. The lowest BCUT2D eigenvalue weighted by atomic mass is 9.50. The molecule has 25 heavy (non-hydrogen) atoms. The van der Waals surface area contributed by atoms with Crippen LogP contribution in [0.3, 0.4) is 0 Å². The molecule has 0 bridgehead atoms. The van der Waals surface area contributed by atoms with Crippen molar-refractivity contribution in [3.63, 3.8) is 0 Å². The molecule has 0 aromatic rings. The molecule has 1 fully saturated rings. The molecule has 2 aliphatic carbocycles. The van der Waals surface area contributed by atoms with Crippen LogP contribution < -0.4 is 0 Å². The Morgan fingerprint density at radius 1 is 1.20 bits per heavy atom. The van der Waals surface area contributed by atoms with Crippen LogP contribution >= 0.6 is 0 Å². The fourth-order valence-corrected chi connectivity index (χ4v) is 5.74. The highest BCUT2D eigenvalue weighted by Crippen LogP contribution is 2.60. The van der Waals surface area contributed by atoms with E-state index in [1.54, 1.807) is 17.2 Å². The van der Waals surface area contributed by atoms with Crippen LogP contribution in [-0.4, -0.2) is 11.7 Å². The summed E-state index contributed by atoms with van der Waals surface area (Å²) in [6.45, 7) is 10.5. The van der Waals surface area contributed by atoms with Crippen molar-refractivity contribution in [1.82, 2.24) is 0 Å². The van der Waals surface area contributed by atoms with Gasteiger partial charge >= 0.3 is 0 Å². The molecule has 1 aliphatic heterocycles. The van der Waals surface area contributed by atoms with Crippen molar-refractivity contribution in [3.05, 3.63) is 47.0 Å². The van der Waals surface area contributed by atoms with Gasteiger partial charge < -0.3 is 9.84 Å². The minimum Gasteiger partial charge on any atom is -0.505 e. The third-order valence-corrected chi connectivity index (χ3v) is 7.01. The standard InChI is InChI=1S/C23H34O2/c1-17-9-12-21-22(2,3)13-6-14-23(21,4)20(17)11-10-18-7-5-8-19(24)16-25-15-18/h5,7-8,16,21,24H,6,9-15H2,1-4H3/b8-5-,18-7-,19-16+/t21-,23+/m0/s1. The van der Waals surface area contributed by atoms with Crippen LogP contribution in [0.4, 0.5) is 0 Å². The van der Waals surface area contributed by atoms with E-state index in [-0.39, 0.29) is 5.76 Å². The third-order valence-electron chi connectivity index (χ3n) is 7.01. The molecular weight excluding hydrogens is 308 g/mol. The first-order valence-electron chi connectivity index (χ1n) is 9.89. The predicted molar refractivity (Wildman–Crippen MR) is 104 cm³/mol. The van der Waals surface area contributed by atoms with Crippen molar-refractivity contribution in [1.29, 1.82) is 0 Å². The van der Waals surface area contributed by atoms with Gasteiger partial charge in [-0.25, -0.2) is 0 Å². The molecule has 0 spiro atoms. The molecule has 138 valence electrons. The quantitative estimate of drug-likeness (QED) is 0.584. The summed E-state index contributed by atoms with van der Waals surface area (Å²) in [7, 11) is 0. The Balaban J connectivity index is 1.77. The SMILES string of the molecule is CC1=C(CC/C2=C/C=C\C(O)=C/OC2)[C@@]2(C)CCCC(C)(C)[C@@H]2CC1. The van der Waals surface area contributed by atoms with Crippen LogP contribution in [-0.2, 0) is 4.74 Å². The number of rotatable bonds is 3. The van der Waals surface area contributed by atoms with E-state index in [0.717, 1.165) is 18.8 Å². The average Bonchev–Trinajstić information content (AvgIpc) is 2.50. The summed E-state index contributed by atoms with van der Waals surface area (Å²) < 4.78 is 5.48. The number of hydrogen-bond acceptors (Lipinski definition) is 2. The monoisotopic (exact) mass is 342 g/mol. The van der Waals surface area contributed by atoms with Gasteiger partial charge in [0.1, 0.15) is 18.6 Å². The van der Waals surface area contributed by atoms with Gasteiger partial charge in [-0.05, 0) is 73.8 Å². The van der Waals surface area contributed by atoms with Crippen molar-refractivity contribution in [2.75, 3.05) is 6.61 Å². The van der Waals surface area contributed by atoms with Crippen LogP contribution in [0.5, 0.6) is 0 Å². The molecular formula is C23H34O2. The summed E-state index contributed by atoms with van der Waals surface area (Å²) in [5.74, 6) is 0.996. The number of aliphatic hydroxyl groups excluding tert-OH is 1. The van der Waals surface area contributed by atoms with E-state index in [0.29, 0.717) is 17.4 Å². The van der Waals surface area contributed by atoms with E-state index >= 15 is 0 Å².